The lowest BCUT2D eigenvalue weighted by molar-refractivity contribution is 0.238. The number of carbonyl (C=O) groups excluding carboxylic acids is 1. The molecule has 114 valence electrons. The van der Waals surface area contributed by atoms with Crippen LogP contribution >= 0.6 is 11.6 Å². The van der Waals surface area contributed by atoms with Gasteiger partial charge in [-0.25, -0.2) is 4.79 Å². The fraction of sp³-hybridized carbons (Fsp3) is 0.222. The Balaban J connectivity index is 1.87. The first-order chi connectivity index (χ1) is 11.2. The number of halogens is 1. The van der Waals surface area contributed by atoms with Crippen molar-refractivity contribution in [2.24, 2.45) is 5.92 Å². The zero-order valence-corrected chi connectivity index (χ0v) is 13.0. The Morgan fingerprint density at radius 1 is 1.30 bits per heavy atom. The zero-order valence-electron chi connectivity index (χ0n) is 12.3. The van der Waals surface area contributed by atoms with Crippen LogP contribution in [0, 0.1) is 17.8 Å². The largest absolute Gasteiger partial charge is 0.320 e. The van der Waals surface area contributed by atoms with Crippen molar-refractivity contribution in [3.05, 3.63) is 58.9 Å². The normalized spacial score (nSPS) is 22.2. The van der Waals surface area contributed by atoms with E-state index in [1.54, 1.807) is 18.5 Å². The molecule has 1 atom stereocenters. The summed E-state index contributed by atoms with van der Waals surface area (Å²) in [6.45, 7) is 0. The Morgan fingerprint density at radius 3 is 2.91 bits per heavy atom. The Morgan fingerprint density at radius 2 is 2.17 bits per heavy atom. The molecule has 0 saturated heterocycles. The van der Waals surface area contributed by atoms with Crippen molar-refractivity contribution in [1.82, 2.24) is 10.3 Å². The van der Waals surface area contributed by atoms with E-state index in [0.717, 1.165) is 29.7 Å². The smallest absolute Gasteiger partial charge is 0.317 e. The van der Waals surface area contributed by atoms with Gasteiger partial charge in [-0.2, -0.15) is 0 Å². The van der Waals surface area contributed by atoms with Gasteiger partial charge in [0.2, 0.25) is 0 Å². The number of urea groups is 1. The summed E-state index contributed by atoms with van der Waals surface area (Å²) in [6, 6.07) is 9.02. The third-order valence-electron chi connectivity index (χ3n) is 4.22. The molecule has 0 radical (unpaired) electrons. The predicted molar refractivity (Wildman–Crippen MR) is 89.1 cm³/mol. The minimum absolute atomic E-state index is 0.229. The molecule has 4 rings (SSSR count). The zero-order chi connectivity index (χ0) is 15.9. The maximum absolute atomic E-state index is 12.1. The fourth-order valence-corrected chi connectivity index (χ4v) is 3.17. The molecule has 1 aliphatic carbocycles. The van der Waals surface area contributed by atoms with Crippen LogP contribution in [0.2, 0.25) is 5.02 Å². The predicted octanol–water partition coefficient (Wildman–Crippen LogP) is 3.53. The van der Waals surface area contributed by atoms with Crippen LogP contribution in [0.5, 0.6) is 0 Å². The number of amides is 2. The molecule has 0 bridgehead atoms. The van der Waals surface area contributed by atoms with E-state index in [1.807, 2.05) is 24.3 Å². The molecule has 2 amide bonds. The first-order valence-electron chi connectivity index (χ1n) is 7.50. The number of nitrogens with one attached hydrogen (secondary N) is 2. The second-order valence-corrected chi connectivity index (χ2v) is 6.28. The fourth-order valence-electron chi connectivity index (χ4n) is 3.00. The summed E-state index contributed by atoms with van der Waals surface area (Å²) in [4.78, 5) is 16.2. The molecule has 1 aromatic heterocycles. The quantitative estimate of drug-likeness (QED) is 0.789. The van der Waals surface area contributed by atoms with Crippen LogP contribution in [-0.2, 0) is 5.54 Å². The SMILES string of the molecule is O=C1Nc2ccc(Cl)cc2C(C#Cc2cccnc2)(C2CC2)N1. The summed E-state index contributed by atoms with van der Waals surface area (Å²) in [7, 11) is 0. The number of carbonyl (C=O) groups is 1. The van der Waals surface area contributed by atoms with Gasteiger partial charge < -0.3 is 10.6 Å². The van der Waals surface area contributed by atoms with Crippen molar-refractivity contribution in [3.8, 4) is 11.8 Å². The van der Waals surface area contributed by atoms with Crippen molar-refractivity contribution < 1.29 is 4.79 Å². The standard InChI is InChI=1S/C18H14ClN3O/c19-14-5-6-16-15(10-14)18(13-3-4-13,22-17(23)21-16)8-7-12-2-1-9-20-11-12/h1-2,5-6,9-11,13H,3-4H2,(H2,21,22,23). The van der Waals surface area contributed by atoms with Gasteiger partial charge in [0, 0.05) is 34.2 Å². The van der Waals surface area contributed by atoms with E-state index in [4.69, 9.17) is 11.6 Å². The topological polar surface area (TPSA) is 54.0 Å². The van der Waals surface area contributed by atoms with Crippen molar-refractivity contribution in [2.75, 3.05) is 5.32 Å². The van der Waals surface area contributed by atoms with Crippen molar-refractivity contribution >= 4 is 23.3 Å². The minimum atomic E-state index is -0.696. The van der Waals surface area contributed by atoms with E-state index < -0.39 is 5.54 Å². The number of hydrogen-bond acceptors (Lipinski definition) is 2. The third-order valence-corrected chi connectivity index (χ3v) is 4.46. The van der Waals surface area contributed by atoms with Gasteiger partial charge in [0.05, 0.1) is 0 Å². The highest BCUT2D eigenvalue weighted by molar-refractivity contribution is 6.30. The van der Waals surface area contributed by atoms with E-state index in [9.17, 15) is 4.79 Å². The van der Waals surface area contributed by atoms with Crippen LogP contribution in [0.25, 0.3) is 0 Å². The lowest BCUT2D eigenvalue weighted by atomic mass is 9.82. The van der Waals surface area contributed by atoms with Crippen LogP contribution in [0.4, 0.5) is 10.5 Å². The summed E-state index contributed by atoms with van der Waals surface area (Å²) < 4.78 is 0. The molecule has 1 saturated carbocycles. The number of aromatic nitrogens is 1. The molecule has 2 heterocycles. The summed E-state index contributed by atoms with van der Waals surface area (Å²) in [5.41, 5.74) is 1.83. The van der Waals surface area contributed by atoms with E-state index in [-0.39, 0.29) is 6.03 Å². The van der Waals surface area contributed by atoms with Crippen LogP contribution in [0.3, 0.4) is 0 Å². The maximum atomic E-state index is 12.1. The summed E-state index contributed by atoms with van der Waals surface area (Å²) in [5, 5.41) is 6.51. The lowest BCUT2D eigenvalue weighted by Gasteiger charge is -2.36. The van der Waals surface area contributed by atoms with Crippen LogP contribution in [0.1, 0.15) is 24.0 Å². The number of rotatable bonds is 1. The van der Waals surface area contributed by atoms with Crippen LogP contribution < -0.4 is 10.6 Å². The molecule has 2 aromatic rings. The van der Waals surface area contributed by atoms with Gasteiger partial charge in [0.15, 0.2) is 0 Å². The Kier molecular flexibility index (Phi) is 3.24. The van der Waals surface area contributed by atoms with Crippen molar-refractivity contribution in [2.45, 2.75) is 18.4 Å². The Bertz CT molecular complexity index is 836. The minimum Gasteiger partial charge on any atom is -0.317 e. The highest BCUT2D eigenvalue weighted by Gasteiger charge is 2.50. The molecule has 5 heteroatoms. The lowest BCUT2D eigenvalue weighted by Crippen LogP contribution is -2.52. The molecular formula is C18H14ClN3O. The van der Waals surface area contributed by atoms with Gasteiger partial charge in [-0.1, -0.05) is 23.4 Å². The average molecular weight is 324 g/mol. The highest BCUT2D eigenvalue weighted by atomic mass is 35.5. The van der Waals surface area contributed by atoms with Gasteiger partial charge in [0.25, 0.3) is 0 Å². The number of benzene rings is 1. The van der Waals surface area contributed by atoms with E-state index in [2.05, 4.69) is 27.5 Å². The molecule has 2 aliphatic rings. The first-order valence-corrected chi connectivity index (χ1v) is 7.87. The van der Waals surface area contributed by atoms with Gasteiger partial charge in [-0.15, -0.1) is 0 Å². The molecule has 1 aromatic carbocycles. The number of anilines is 1. The number of hydrogen-bond donors (Lipinski definition) is 2. The second kappa shape index (κ2) is 5.29. The summed E-state index contributed by atoms with van der Waals surface area (Å²) in [6.07, 6.45) is 5.50. The number of pyridine rings is 1. The molecular weight excluding hydrogens is 310 g/mol. The molecule has 23 heavy (non-hydrogen) atoms. The van der Waals surface area contributed by atoms with Gasteiger partial charge in [0.1, 0.15) is 5.54 Å². The van der Waals surface area contributed by atoms with E-state index >= 15 is 0 Å². The first kappa shape index (κ1) is 14.1. The second-order valence-electron chi connectivity index (χ2n) is 5.84. The maximum Gasteiger partial charge on any atom is 0.320 e. The monoisotopic (exact) mass is 323 g/mol. The number of nitrogens with zero attached hydrogens (tertiary/aromatic N) is 1. The number of fused-ring (bicyclic) bond motifs is 1. The summed E-state index contributed by atoms with van der Waals surface area (Å²) >= 11 is 6.18. The van der Waals surface area contributed by atoms with Crippen LogP contribution in [0.15, 0.2) is 42.7 Å². The van der Waals surface area contributed by atoms with Crippen molar-refractivity contribution in [1.29, 1.82) is 0 Å². The Hall–Kier alpha value is -2.51. The molecule has 2 N–H and O–H groups in total. The van der Waals surface area contributed by atoms with Gasteiger partial charge >= 0.3 is 6.03 Å². The molecule has 1 fully saturated rings. The average Bonchev–Trinajstić information content (AvgIpc) is 3.39. The highest BCUT2D eigenvalue weighted by Crippen LogP contribution is 2.49. The van der Waals surface area contributed by atoms with Crippen molar-refractivity contribution in [3.63, 3.8) is 0 Å². The van der Waals surface area contributed by atoms with Gasteiger partial charge in [-0.3, -0.25) is 4.98 Å². The molecule has 4 nitrogen and oxygen atoms in total. The molecule has 1 aliphatic heterocycles. The van der Waals surface area contributed by atoms with Gasteiger partial charge in [-0.05, 0) is 49.1 Å². The third kappa shape index (κ3) is 2.54. The summed E-state index contributed by atoms with van der Waals surface area (Å²) in [5.74, 6) is 6.77. The molecule has 0 spiro atoms. The van der Waals surface area contributed by atoms with Crippen LogP contribution in [-0.4, -0.2) is 11.0 Å². The molecule has 1 unspecified atom stereocenters. The Labute approximate surface area is 139 Å². The van der Waals surface area contributed by atoms with E-state index in [0.29, 0.717) is 10.9 Å². The van der Waals surface area contributed by atoms with E-state index in [1.165, 1.54) is 0 Å².